The van der Waals surface area contributed by atoms with Crippen molar-refractivity contribution in [2.24, 2.45) is 5.92 Å². The molecule has 1 unspecified atom stereocenters. The molecule has 0 aliphatic rings. The van der Waals surface area contributed by atoms with Crippen LogP contribution in [-0.4, -0.2) is 15.4 Å². The molecule has 0 fully saturated rings. The topological polar surface area (TPSA) is 40.9 Å². The van der Waals surface area contributed by atoms with E-state index >= 15 is 0 Å². The third-order valence-corrected chi connectivity index (χ3v) is 6.40. The van der Waals surface area contributed by atoms with Crippen LogP contribution in [0.3, 0.4) is 0 Å². The maximum absolute atomic E-state index is 10.5. The van der Waals surface area contributed by atoms with Crippen molar-refractivity contribution >= 4 is 36.6 Å². The molecule has 35 heavy (non-hydrogen) atoms. The van der Waals surface area contributed by atoms with Gasteiger partial charge in [-0.2, -0.15) is 17.5 Å². The van der Waals surface area contributed by atoms with Crippen molar-refractivity contribution in [1.82, 2.24) is 0 Å². The fourth-order valence-corrected chi connectivity index (χ4v) is 4.30. The average Bonchev–Trinajstić information content (AvgIpc) is 3.31. The first-order chi connectivity index (χ1) is 15.6. The summed E-state index contributed by atoms with van der Waals surface area (Å²) in [6.07, 6.45) is 3.91. The summed E-state index contributed by atoms with van der Waals surface area (Å²) >= 11 is 0. The monoisotopic (exact) mass is 557 g/mol. The second-order valence-electron chi connectivity index (χ2n) is 7.62. The van der Waals surface area contributed by atoms with Gasteiger partial charge in [0.1, 0.15) is 9.52 Å². The Labute approximate surface area is 241 Å². The Bertz CT molecular complexity index is 961. The van der Waals surface area contributed by atoms with Gasteiger partial charge in [-0.1, -0.05) is 104 Å². The predicted molar refractivity (Wildman–Crippen MR) is 140 cm³/mol. The molecule has 0 spiro atoms. The van der Waals surface area contributed by atoms with E-state index in [1.807, 2.05) is 6.92 Å². The number of nitrogens with one attached hydrogen (secondary N) is 1. The van der Waals surface area contributed by atoms with Crippen molar-refractivity contribution in [3.63, 3.8) is 0 Å². The van der Waals surface area contributed by atoms with Gasteiger partial charge in [0.15, 0.2) is 0 Å². The molecule has 0 saturated heterocycles. The Hall–Kier alpha value is -1.75. The van der Waals surface area contributed by atoms with Crippen LogP contribution in [0.25, 0.3) is 16.5 Å². The largest absolute Gasteiger partial charge is 4.00 e. The van der Waals surface area contributed by atoms with E-state index in [2.05, 4.69) is 110 Å². The number of benzene rings is 3. The van der Waals surface area contributed by atoms with Crippen LogP contribution in [-0.2, 0) is 26.5 Å². The van der Waals surface area contributed by atoms with Crippen molar-refractivity contribution < 1.29 is 51.3 Å². The van der Waals surface area contributed by atoms with Crippen molar-refractivity contribution in [2.45, 2.75) is 39.5 Å². The fourth-order valence-electron chi connectivity index (χ4n) is 3.25. The SMILES string of the molecule is CCCCC(CC)C([NH-])=O.[Cl-].[Cl-].[Ti+4].c1ccc([Si]c2ccccc2)cc1.c1ccc2[cH-]ccc2c1. The minimum absolute atomic E-state index is 0. The number of carbonyl (C=O) groups is 1. The Morgan fingerprint density at radius 1 is 0.829 bits per heavy atom. The zero-order valence-corrected chi connectivity index (χ0v) is 24.5. The molecule has 182 valence electrons. The maximum atomic E-state index is 10.5. The number of amides is 1. The van der Waals surface area contributed by atoms with E-state index in [-0.39, 0.29) is 52.4 Å². The van der Waals surface area contributed by atoms with Crippen molar-refractivity contribution in [1.29, 1.82) is 0 Å². The van der Waals surface area contributed by atoms with Gasteiger partial charge in [0, 0.05) is 0 Å². The first-order valence-corrected chi connectivity index (χ1v) is 12.4. The van der Waals surface area contributed by atoms with Gasteiger partial charge in [-0.05, 0) is 18.8 Å². The van der Waals surface area contributed by atoms with Crippen molar-refractivity contribution in [2.75, 3.05) is 0 Å². The summed E-state index contributed by atoms with van der Waals surface area (Å²) in [6, 6.07) is 35.8. The zero-order chi connectivity index (χ0) is 23.0. The van der Waals surface area contributed by atoms with Crippen LogP contribution in [0.1, 0.15) is 39.5 Å². The Morgan fingerprint density at radius 2 is 1.34 bits per heavy atom. The zero-order valence-electron chi connectivity index (χ0n) is 20.4. The summed E-state index contributed by atoms with van der Waals surface area (Å²) < 4.78 is 0. The minimum atomic E-state index is -0.393. The van der Waals surface area contributed by atoms with Crippen molar-refractivity contribution in [3.05, 3.63) is 109 Å². The van der Waals surface area contributed by atoms with E-state index in [1.165, 1.54) is 21.1 Å². The van der Waals surface area contributed by atoms with Crippen LogP contribution in [0.5, 0.6) is 0 Å². The first-order valence-electron chi connectivity index (χ1n) is 11.4. The van der Waals surface area contributed by atoms with Gasteiger partial charge in [-0.3, -0.25) is 0 Å². The standard InChI is InChI=1S/C12H10Si.C9H7.C8H17NO.2ClH.Ti/c1-3-7-11(8-4-1)13-12-9-5-2-6-10-12;1-2-5-9-7-3-6-8(9)4-1;1-3-5-6-7(4-2)8(9)10;;;/h1-10H;1-7H;7H,3-6H2,1-2H3,(H2,9,10);2*1H;/q;-1;;;;+4/p-3. The summed E-state index contributed by atoms with van der Waals surface area (Å²) in [5, 5.41) is 5.46. The molecule has 0 aromatic heterocycles. The summed E-state index contributed by atoms with van der Waals surface area (Å²) in [6.45, 7) is 4.06. The maximum Gasteiger partial charge on any atom is 4.00 e. The molecule has 2 nitrogen and oxygen atoms in total. The van der Waals surface area contributed by atoms with E-state index in [1.54, 1.807) is 0 Å². The molecule has 1 amide bonds. The molecule has 6 heteroatoms. The number of hydrogen-bond acceptors (Lipinski definition) is 1. The molecule has 4 aromatic rings. The summed E-state index contributed by atoms with van der Waals surface area (Å²) in [5.41, 5.74) is 6.87. The molecule has 0 bridgehead atoms. The minimum Gasteiger partial charge on any atom is -1.00 e. The number of rotatable bonds is 7. The van der Waals surface area contributed by atoms with Gasteiger partial charge < -0.3 is 35.3 Å². The third-order valence-electron chi connectivity index (χ3n) is 5.15. The number of halogens is 2. The van der Waals surface area contributed by atoms with Gasteiger partial charge in [0.05, 0.1) is 5.91 Å². The molecule has 1 atom stereocenters. The molecular weight excluding hydrogens is 525 g/mol. The van der Waals surface area contributed by atoms with Crippen LogP contribution >= 0.6 is 0 Å². The number of unbranched alkanes of at least 4 members (excludes halogenated alkanes) is 1. The van der Waals surface area contributed by atoms with E-state index in [9.17, 15) is 4.79 Å². The molecule has 0 saturated carbocycles. The van der Waals surface area contributed by atoms with E-state index in [0.717, 1.165) is 35.2 Å². The van der Waals surface area contributed by atoms with E-state index in [4.69, 9.17) is 5.73 Å². The Morgan fingerprint density at radius 3 is 1.80 bits per heavy atom. The van der Waals surface area contributed by atoms with Gasteiger partial charge in [-0.25, -0.2) is 0 Å². The number of carbonyl (C=O) groups excluding carboxylic acids is 1. The molecule has 0 heterocycles. The Balaban J connectivity index is 0. The average molecular weight is 558 g/mol. The molecule has 4 rings (SSSR count). The fraction of sp³-hybridized carbons (Fsp3) is 0.241. The molecule has 1 N–H and O–H groups in total. The summed E-state index contributed by atoms with van der Waals surface area (Å²) in [5.74, 6) is -0.393. The van der Waals surface area contributed by atoms with Gasteiger partial charge in [0.25, 0.3) is 0 Å². The molecular formula is C29H33Cl2NOSiTi. The molecule has 0 aliphatic carbocycles. The smallest absolute Gasteiger partial charge is 1.00 e. The van der Waals surface area contributed by atoms with Gasteiger partial charge >= 0.3 is 21.7 Å². The van der Waals surface area contributed by atoms with Crippen LogP contribution < -0.4 is 35.2 Å². The summed E-state index contributed by atoms with van der Waals surface area (Å²) in [7, 11) is 0.777. The first kappa shape index (κ1) is 35.4. The number of hydrogen-bond donors (Lipinski definition) is 0. The van der Waals surface area contributed by atoms with Gasteiger partial charge in [0.2, 0.25) is 0 Å². The molecule has 4 aromatic carbocycles. The second-order valence-corrected chi connectivity index (χ2v) is 9.03. The normalized spacial score (nSPS) is 10.0. The summed E-state index contributed by atoms with van der Waals surface area (Å²) in [4.78, 5) is 10.5. The molecule has 0 aliphatic heterocycles. The van der Waals surface area contributed by atoms with Gasteiger partial charge in [-0.15, -0.1) is 29.7 Å². The second kappa shape index (κ2) is 21.5. The van der Waals surface area contributed by atoms with Crippen LogP contribution in [0.4, 0.5) is 0 Å². The third kappa shape index (κ3) is 14.4. The van der Waals surface area contributed by atoms with Crippen molar-refractivity contribution in [3.8, 4) is 0 Å². The van der Waals surface area contributed by atoms with E-state index in [0.29, 0.717) is 0 Å². The quantitative estimate of drug-likeness (QED) is 0.243. The van der Waals surface area contributed by atoms with Crippen LogP contribution in [0.15, 0.2) is 103 Å². The van der Waals surface area contributed by atoms with Crippen LogP contribution in [0.2, 0.25) is 0 Å². The van der Waals surface area contributed by atoms with Crippen LogP contribution in [0, 0.1) is 5.92 Å². The number of fused-ring (bicyclic) bond motifs is 1. The van der Waals surface area contributed by atoms with E-state index < -0.39 is 5.91 Å². The Kier molecular flexibility index (Phi) is 21.8. The molecule has 2 radical (unpaired) electrons. The predicted octanol–water partition coefficient (Wildman–Crippen LogP) is 0.687.